The summed E-state index contributed by atoms with van der Waals surface area (Å²) >= 11 is 5.81. The molecule has 0 saturated carbocycles. The van der Waals surface area contributed by atoms with Crippen molar-refractivity contribution < 1.29 is 8.42 Å². The van der Waals surface area contributed by atoms with Crippen LogP contribution in [0.4, 0.5) is 0 Å². The largest absolute Gasteiger partial charge is 0.316 e. The summed E-state index contributed by atoms with van der Waals surface area (Å²) < 4.78 is 26.9. The van der Waals surface area contributed by atoms with Crippen molar-refractivity contribution in [2.75, 3.05) is 13.1 Å². The molecule has 0 aromatic heterocycles. The second kappa shape index (κ2) is 7.24. The molecule has 0 heterocycles. The normalized spacial score (nSPS) is 15.2. The highest BCUT2D eigenvalue weighted by molar-refractivity contribution is 7.90. The maximum atomic E-state index is 12.1. The number of sulfonamides is 1. The molecule has 2 unspecified atom stereocenters. The van der Waals surface area contributed by atoms with E-state index in [1.807, 2.05) is 26.0 Å². The van der Waals surface area contributed by atoms with Gasteiger partial charge in [-0.2, -0.15) is 0 Å². The van der Waals surface area contributed by atoms with E-state index in [4.69, 9.17) is 11.6 Å². The van der Waals surface area contributed by atoms with E-state index in [1.54, 1.807) is 19.1 Å². The van der Waals surface area contributed by atoms with Gasteiger partial charge in [0.05, 0.1) is 5.25 Å². The average molecular weight is 305 g/mol. The van der Waals surface area contributed by atoms with E-state index in [0.29, 0.717) is 11.6 Å². The molecule has 1 aromatic carbocycles. The molecule has 6 heteroatoms. The molecule has 4 nitrogen and oxygen atoms in total. The average Bonchev–Trinajstić information content (AvgIpc) is 2.36. The molecule has 1 rings (SSSR count). The summed E-state index contributed by atoms with van der Waals surface area (Å²) in [7, 11) is -3.34. The van der Waals surface area contributed by atoms with Crippen LogP contribution in [0.2, 0.25) is 5.02 Å². The molecule has 108 valence electrons. The van der Waals surface area contributed by atoms with Crippen LogP contribution in [0.5, 0.6) is 0 Å². The van der Waals surface area contributed by atoms with Gasteiger partial charge < -0.3 is 5.32 Å². The molecule has 0 saturated heterocycles. The zero-order valence-corrected chi connectivity index (χ0v) is 13.1. The Kier molecular flexibility index (Phi) is 6.26. The highest BCUT2D eigenvalue weighted by Gasteiger charge is 2.22. The Morgan fingerprint density at radius 1 is 1.21 bits per heavy atom. The monoisotopic (exact) mass is 304 g/mol. The lowest BCUT2D eigenvalue weighted by Crippen LogP contribution is -2.39. The van der Waals surface area contributed by atoms with Crippen LogP contribution in [0, 0.1) is 0 Å². The first-order chi connectivity index (χ1) is 8.86. The molecule has 0 aliphatic carbocycles. The van der Waals surface area contributed by atoms with E-state index in [9.17, 15) is 8.42 Å². The summed E-state index contributed by atoms with van der Waals surface area (Å²) in [4.78, 5) is 0. The summed E-state index contributed by atoms with van der Waals surface area (Å²) in [5.41, 5.74) is 0.892. The van der Waals surface area contributed by atoms with Gasteiger partial charge in [0.25, 0.3) is 0 Å². The molecule has 0 aliphatic heterocycles. The van der Waals surface area contributed by atoms with E-state index in [2.05, 4.69) is 10.0 Å². The fourth-order valence-electron chi connectivity index (χ4n) is 1.64. The lowest BCUT2D eigenvalue weighted by Gasteiger charge is -2.19. The number of halogens is 1. The molecule has 0 amide bonds. The third kappa shape index (κ3) is 5.10. The van der Waals surface area contributed by atoms with Gasteiger partial charge in [0.2, 0.25) is 10.0 Å². The van der Waals surface area contributed by atoms with Crippen molar-refractivity contribution in [2.45, 2.75) is 32.1 Å². The maximum absolute atomic E-state index is 12.1. The number of rotatable bonds is 7. The molecular formula is C13H21ClN2O2S. The van der Waals surface area contributed by atoms with E-state index in [-0.39, 0.29) is 6.04 Å². The van der Waals surface area contributed by atoms with Crippen LogP contribution in [-0.4, -0.2) is 26.8 Å². The maximum Gasteiger partial charge on any atom is 0.216 e. The van der Waals surface area contributed by atoms with Crippen LogP contribution in [-0.2, 0) is 10.0 Å². The summed E-state index contributed by atoms with van der Waals surface area (Å²) in [6, 6.07) is 6.88. The summed E-state index contributed by atoms with van der Waals surface area (Å²) in [5.74, 6) is 0. The van der Waals surface area contributed by atoms with Gasteiger partial charge in [0, 0.05) is 17.6 Å². The second-order valence-electron chi connectivity index (χ2n) is 4.55. The zero-order valence-electron chi connectivity index (χ0n) is 11.5. The van der Waals surface area contributed by atoms with Crippen LogP contribution in [0.25, 0.3) is 0 Å². The van der Waals surface area contributed by atoms with Crippen LogP contribution in [0.15, 0.2) is 24.3 Å². The SMILES string of the molecule is CCNCC(C)S(=O)(=O)NC(C)c1ccc(Cl)cc1. The minimum absolute atomic E-state index is 0.272. The van der Waals surface area contributed by atoms with Crippen molar-refractivity contribution >= 4 is 21.6 Å². The van der Waals surface area contributed by atoms with Crippen LogP contribution >= 0.6 is 11.6 Å². The standard InChI is InChI=1S/C13H21ClN2O2S/c1-4-15-9-10(2)19(17,18)16-11(3)12-5-7-13(14)8-6-12/h5-8,10-11,15-16H,4,9H2,1-3H3. The highest BCUT2D eigenvalue weighted by Crippen LogP contribution is 2.17. The van der Waals surface area contributed by atoms with E-state index in [1.165, 1.54) is 0 Å². The topological polar surface area (TPSA) is 58.2 Å². The molecule has 1 aromatic rings. The molecule has 2 atom stereocenters. The minimum Gasteiger partial charge on any atom is -0.316 e. The third-order valence-electron chi connectivity index (χ3n) is 2.92. The highest BCUT2D eigenvalue weighted by atomic mass is 35.5. The van der Waals surface area contributed by atoms with Crippen molar-refractivity contribution in [3.05, 3.63) is 34.9 Å². The Bertz CT molecular complexity index is 488. The third-order valence-corrected chi connectivity index (χ3v) is 5.08. The number of hydrogen-bond donors (Lipinski definition) is 2. The predicted molar refractivity (Wildman–Crippen MR) is 79.9 cm³/mol. The van der Waals surface area contributed by atoms with Gasteiger partial charge in [0.1, 0.15) is 0 Å². The van der Waals surface area contributed by atoms with Gasteiger partial charge in [-0.3, -0.25) is 0 Å². The van der Waals surface area contributed by atoms with Gasteiger partial charge in [0.15, 0.2) is 0 Å². The van der Waals surface area contributed by atoms with E-state index in [0.717, 1.165) is 12.1 Å². The quantitative estimate of drug-likeness (QED) is 0.813. The van der Waals surface area contributed by atoms with Gasteiger partial charge in [-0.1, -0.05) is 30.7 Å². The predicted octanol–water partition coefficient (Wildman–Crippen LogP) is 2.32. The molecule has 2 N–H and O–H groups in total. The minimum atomic E-state index is -3.34. The first-order valence-corrected chi connectivity index (χ1v) is 8.26. The van der Waals surface area contributed by atoms with Gasteiger partial charge >= 0.3 is 0 Å². The van der Waals surface area contributed by atoms with Gasteiger partial charge in [-0.25, -0.2) is 13.1 Å². The molecule has 0 radical (unpaired) electrons. The Hall–Kier alpha value is -0.620. The molecule has 0 bridgehead atoms. The van der Waals surface area contributed by atoms with Crippen LogP contribution in [0.1, 0.15) is 32.4 Å². The first kappa shape index (κ1) is 16.4. The Morgan fingerprint density at radius 2 is 1.79 bits per heavy atom. The van der Waals surface area contributed by atoms with E-state index < -0.39 is 15.3 Å². The summed E-state index contributed by atoms with van der Waals surface area (Å²) in [5, 5.41) is 3.21. The first-order valence-electron chi connectivity index (χ1n) is 6.34. The van der Waals surface area contributed by atoms with Crippen molar-refractivity contribution in [2.24, 2.45) is 0 Å². The molecule has 0 spiro atoms. The van der Waals surface area contributed by atoms with Crippen molar-refractivity contribution in [3.8, 4) is 0 Å². The fourth-order valence-corrected chi connectivity index (χ4v) is 2.96. The molecule has 0 fully saturated rings. The van der Waals surface area contributed by atoms with E-state index >= 15 is 0 Å². The van der Waals surface area contributed by atoms with Gasteiger partial charge in [-0.15, -0.1) is 0 Å². The molecule has 19 heavy (non-hydrogen) atoms. The summed E-state index contributed by atoms with van der Waals surface area (Å²) in [6.07, 6.45) is 0. The Balaban J connectivity index is 2.69. The molecule has 0 aliphatic rings. The smallest absolute Gasteiger partial charge is 0.216 e. The number of nitrogens with one attached hydrogen (secondary N) is 2. The second-order valence-corrected chi connectivity index (χ2v) is 7.12. The van der Waals surface area contributed by atoms with Crippen molar-refractivity contribution in [3.63, 3.8) is 0 Å². The summed E-state index contributed by atoms with van der Waals surface area (Å²) in [6.45, 7) is 6.66. The molecular weight excluding hydrogens is 284 g/mol. The Labute approximate surface area is 120 Å². The lowest BCUT2D eigenvalue weighted by molar-refractivity contribution is 0.547. The zero-order chi connectivity index (χ0) is 14.5. The van der Waals surface area contributed by atoms with Crippen LogP contribution in [0.3, 0.4) is 0 Å². The van der Waals surface area contributed by atoms with Crippen molar-refractivity contribution in [1.29, 1.82) is 0 Å². The van der Waals surface area contributed by atoms with Crippen LogP contribution < -0.4 is 10.0 Å². The fraction of sp³-hybridized carbons (Fsp3) is 0.538. The number of benzene rings is 1. The number of hydrogen-bond acceptors (Lipinski definition) is 3. The lowest BCUT2D eigenvalue weighted by atomic mass is 10.1. The Morgan fingerprint density at radius 3 is 2.32 bits per heavy atom. The van der Waals surface area contributed by atoms with Crippen molar-refractivity contribution in [1.82, 2.24) is 10.0 Å². The van der Waals surface area contributed by atoms with Gasteiger partial charge in [-0.05, 0) is 38.1 Å².